The average Bonchev–Trinajstić information content (AvgIpc) is 2.86. The molecule has 2 aliphatic heterocycles. The van der Waals surface area contributed by atoms with E-state index < -0.39 is 0 Å². The molecule has 5 nitrogen and oxygen atoms in total. The molecule has 1 fully saturated rings. The zero-order valence-corrected chi connectivity index (χ0v) is 14.0. The second-order valence-electron chi connectivity index (χ2n) is 6.28. The maximum Gasteiger partial charge on any atom is 0.247 e. The van der Waals surface area contributed by atoms with Crippen LogP contribution in [0.4, 0.5) is 5.69 Å². The fraction of sp³-hybridized carbons (Fsp3) is 0.389. The molecule has 0 unspecified atom stereocenters. The highest BCUT2D eigenvalue weighted by Crippen LogP contribution is 2.36. The number of carbonyl (C=O) groups excluding carboxylic acids is 3. The number of imide groups is 1. The molecule has 1 aliphatic carbocycles. The number of nitrogens with zero attached hydrogens (tertiary/aromatic N) is 2. The number of carbonyl (C=O) groups is 3. The third kappa shape index (κ3) is 2.45. The van der Waals surface area contributed by atoms with E-state index in [0.717, 1.165) is 16.3 Å². The zero-order valence-electron chi connectivity index (χ0n) is 13.2. The van der Waals surface area contributed by atoms with Crippen LogP contribution in [0.2, 0.25) is 0 Å². The smallest absolute Gasteiger partial charge is 0.247 e. The number of fused-ring (bicyclic) bond motifs is 2. The van der Waals surface area contributed by atoms with Crippen molar-refractivity contribution in [2.75, 3.05) is 23.7 Å². The Morgan fingerprint density at radius 3 is 2.46 bits per heavy atom. The van der Waals surface area contributed by atoms with Crippen LogP contribution in [-0.2, 0) is 14.4 Å². The fourth-order valence-corrected chi connectivity index (χ4v) is 4.67. The lowest BCUT2D eigenvalue weighted by Gasteiger charge is -2.30. The molecule has 0 bridgehead atoms. The number of benzene rings is 1. The SMILES string of the molecule is O=C1[C@H]2CC=CC[C@@H]2C(=O)N1CC(=O)N1CCSc2ccccc21. The summed E-state index contributed by atoms with van der Waals surface area (Å²) in [6.45, 7) is 0.453. The highest BCUT2D eigenvalue weighted by molar-refractivity contribution is 7.99. The zero-order chi connectivity index (χ0) is 16.7. The van der Waals surface area contributed by atoms with Gasteiger partial charge in [-0.05, 0) is 25.0 Å². The lowest BCUT2D eigenvalue weighted by atomic mass is 9.85. The Morgan fingerprint density at radius 2 is 1.75 bits per heavy atom. The summed E-state index contributed by atoms with van der Waals surface area (Å²) < 4.78 is 0. The normalized spacial score (nSPS) is 25.7. The van der Waals surface area contributed by atoms with Crippen molar-refractivity contribution in [3.8, 4) is 0 Å². The van der Waals surface area contributed by atoms with E-state index in [0.29, 0.717) is 19.4 Å². The van der Waals surface area contributed by atoms with Gasteiger partial charge in [0, 0.05) is 17.2 Å². The number of hydrogen-bond acceptors (Lipinski definition) is 4. The molecule has 124 valence electrons. The van der Waals surface area contributed by atoms with E-state index in [9.17, 15) is 14.4 Å². The lowest BCUT2D eigenvalue weighted by Crippen LogP contribution is -2.45. The average molecular weight is 342 g/mol. The van der Waals surface area contributed by atoms with Crippen LogP contribution in [0.3, 0.4) is 0 Å². The van der Waals surface area contributed by atoms with Crippen molar-refractivity contribution in [1.82, 2.24) is 4.90 Å². The summed E-state index contributed by atoms with van der Waals surface area (Å²) in [5, 5.41) is 0. The molecule has 0 radical (unpaired) electrons. The number of anilines is 1. The first-order valence-corrected chi connectivity index (χ1v) is 9.18. The van der Waals surface area contributed by atoms with Crippen molar-refractivity contribution >= 4 is 35.2 Å². The minimum atomic E-state index is -0.278. The number of thioether (sulfide) groups is 1. The first-order chi connectivity index (χ1) is 11.7. The maximum absolute atomic E-state index is 12.8. The summed E-state index contributed by atoms with van der Waals surface area (Å²) in [5.74, 6) is -0.306. The van der Waals surface area contributed by atoms with Crippen molar-refractivity contribution in [3.63, 3.8) is 0 Å². The molecule has 24 heavy (non-hydrogen) atoms. The van der Waals surface area contributed by atoms with Crippen molar-refractivity contribution in [2.24, 2.45) is 11.8 Å². The Balaban J connectivity index is 1.53. The highest BCUT2D eigenvalue weighted by Gasteiger charge is 2.48. The Labute approximate surface area is 144 Å². The Morgan fingerprint density at radius 1 is 1.08 bits per heavy atom. The molecule has 1 aromatic rings. The van der Waals surface area contributed by atoms with Gasteiger partial charge in [0.15, 0.2) is 0 Å². The lowest BCUT2D eigenvalue weighted by molar-refractivity contribution is -0.143. The number of likely N-dealkylation sites (tertiary alicyclic amines) is 1. The topological polar surface area (TPSA) is 57.7 Å². The van der Waals surface area contributed by atoms with Crippen LogP contribution < -0.4 is 4.90 Å². The largest absolute Gasteiger partial charge is 0.309 e. The Hall–Kier alpha value is -2.08. The number of para-hydroxylation sites is 1. The van der Waals surface area contributed by atoms with Crippen LogP contribution in [0.1, 0.15) is 12.8 Å². The van der Waals surface area contributed by atoms with Crippen molar-refractivity contribution in [1.29, 1.82) is 0 Å². The minimum absolute atomic E-state index is 0.149. The van der Waals surface area contributed by atoms with Gasteiger partial charge in [0.2, 0.25) is 17.7 Å². The van der Waals surface area contributed by atoms with Gasteiger partial charge in [-0.1, -0.05) is 24.3 Å². The van der Waals surface area contributed by atoms with Crippen molar-refractivity contribution in [2.45, 2.75) is 17.7 Å². The number of amides is 3. The standard InChI is InChI=1S/C18H18N2O3S/c21-16(19-9-10-24-15-8-4-3-7-14(15)19)11-20-17(22)12-5-1-2-6-13(12)18(20)23/h1-4,7-8,12-13H,5-6,9-11H2/t12-,13-/m0/s1. The molecule has 3 amide bonds. The van der Waals surface area contributed by atoms with E-state index in [2.05, 4.69) is 0 Å². The van der Waals surface area contributed by atoms with Gasteiger partial charge in [-0.3, -0.25) is 19.3 Å². The third-order valence-electron chi connectivity index (χ3n) is 4.92. The summed E-state index contributed by atoms with van der Waals surface area (Å²) in [5.41, 5.74) is 0.872. The van der Waals surface area contributed by atoms with E-state index >= 15 is 0 Å². The summed E-state index contributed by atoms with van der Waals surface area (Å²) in [4.78, 5) is 41.7. The molecule has 1 saturated heterocycles. The van der Waals surface area contributed by atoms with Crippen LogP contribution >= 0.6 is 11.8 Å². The van der Waals surface area contributed by atoms with E-state index in [1.165, 1.54) is 4.90 Å². The Kier molecular flexibility index (Phi) is 3.92. The van der Waals surface area contributed by atoms with Gasteiger partial charge in [0.1, 0.15) is 6.54 Å². The number of rotatable bonds is 2. The maximum atomic E-state index is 12.8. The molecule has 2 atom stereocenters. The summed E-state index contributed by atoms with van der Waals surface area (Å²) >= 11 is 1.72. The summed E-state index contributed by atoms with van der Waals surface area (Å²) in [6.07, 6.45) is 5.11. The van der Waals surface area contributed by atoms with E-state index in [-0.39, 0.29) is 36.1 Å². The first-order valence-electron chi connectivity index (χ1n) is 8.19. The second-order valence-corrected chi connectivity index (χ2v) is 7.42. The quantitative estimate of drug-likeness (QED) is 0.610. The van der Waals surface area contributed by atoms with Gasteiger partial charge in [-0.25, -0.2) is 0 Å². The monoisotopic (exact) mass is 342 g/mol. The molecule has 0 aromatic heterocycles. The summed E-state index contributed by atoms with van der Waals surface area (Å²) in [7, 11) is 0. The summed E-state index contributed by atoms with van der Waals surface area (Å²) in [6, 6.07) is 7.75. The molecule has 0 saturated carbocycles. The van der Waals surface area contributed by atoms with E-state index in [1.54, 1.807) is 16.7 Å². The van der Waals surface area contributed by atoms with Crippen LogP contribution in [0.5, 0.6) is 0 Å². The fourth-order valence-electron chi connectivity index (χ4n) is 3.67. The molecule has 6 heteroatoms. The highest BCUT2D eigenvalue weighted by atomic mass is 32.2. The Bertz CT molecular complexity index is 720. The van der Waals surface area contributed by atoms with Gasteiger partial charge in [0.25, 0.3) is 0 Å². The number of allylic oxidation sites excluding steroid dienone is 2. The molecule has 3 aliphatic rings. The van der Waals surface area contributed by atoms with Gasteiger partial charge in [-0.15, -0.1) is 11.8 Å². The van der Waals surface area contributed by atoms with Crippen LogP contribution in [0.15, 0.2) is 41.3 Å². The van der Waals surface area contributed by atoms with Gasteiger partial charge in [-0.2, -0.15) is 0 Å². The second kappa shape index (κ2) is 6.09. The van der Waals surface area contributed by atoms with E-state index in [4.69, 9.17) is 0 Å². The third-order valence-corrected chi connectivity index (χ3v) is 5.96. The van der Waals surface area contributed by atoms with Crippen LogP contribution in [-0.4, -0.2) is 41.5 Å². The van der Waals surface area contributed by atoms with Crippen LogP contribution in [0, 0.1) is 11.8 Å². The molecule has 0 N–H and O–H groups in total. The van der Waals surface area contributed by atoms with E-state index in [1.807, 2.05) is 36.4 Å². The molecule has 0 spiro atoms. The van der Waals surface area contributed by atoms with Gasteiger partial charge in [0.05, 0.1) is 17.5 Å². The van der Waals surface area contributed by atoms with Crippen LogP contribution in [0.25, 0.3) is 0 Å². The predicted molar refractivity (Wildman–Crippen MR) is 91.6 cm³/mol. The molecular weight excluding hydrogens is 324 g/mol. The molecule has 4 rings (SSSR count). The molecule has 1 aromatic carbocycles. The number of hydrogen-bond donors (Lipinski definition) is 0. The van der Waals surface area contributed by atoms with Crippen molar-refractivity contribution < 1.29 is 14.4 Å². The molecular formula is C18H18N2O3S. The van der Waals surface area contributed by atoms with Gasteiger partial charge < -0.3 is 4.90 Å². The van der Waals surface area contributed by atoms with Crippen molar-refractivity contribution in [3.05, 3.63) is 36.4 Å². The minimum Gasteiger partial charge on any atom is -0.309 e. The first kappa shape index (κ1) is 15.4. The molecule has 2 heterocycles. The van der Waals surface area contributed by atoms with Gasteiger partial charge >= 0.3 is 0 Å². The predicted octanol–water partition coefficient (Wildman–Crippen LogP) is 2.08.